The predicted molar refractivity (Wildman–Crippen MR) is 102 cm³/mol. The average Bonchev–Trinajstić information content (AvgIpc) is 2.62. The molecule has 0 saturated carbocycles. The van der Waals surface area contributed by atoms with Gasteiger partial charge in [0.25, 0.3) is 11.8 Å². The van der Waals surface area contributed by atoms with E-state index in [1.807, 2.05) is 32.9 Å². The smallest absolute Gasteiger partial charge is 0.276 e. The molecule has 0 aromatic heterocycles. The number of nitrogens with one attached hydrogen (secondary N) is 2. The Morgan fingerprint density at radius 1 is 1.04 bits per heavy atom. The Morgan fingerprint density at radius 3 is 2.50 bits per heavy atom. The molecule has 0 fully saturated rings. The minimum Gasteiger partial charge on any atom is -0.493 e. The molecule has 0 spiro atoms. The first kappa shape index (κ1) is 19.8. The van der Waals surface area contributed by atoms with Gasteiger partial charge in [0.2, 0.25) is 0 Å². The number of halogens is 1. The summed E-state index contributed by atoms with van der Waals surface area (Å²) in [5.74, 6) is 0.398. The summed E-state index contributed by atoms with van der Waals surface area (Å²) in [5.41, 5.74) is 7.14. The van der Waals surface area contributed by atoms with Crippen LogP contribution in [0.15, 0.2) is 40.9 Å². The molecule has 0 aliphatic rings. The second-order valence-electron chi connectivity index (χ2n) is 5.57. The Hall–Kier alpha value is -2.54. The summed E-state index contributed by atoms with van der Waals surface area (Å²) >= 11 is 3.35. The van der Waals surface area contributed by atoms with E-state index in [0.717, 1.165) is 11.1 Å². The van der Waals surface area contributed by atoms with Crippen LogP contribution in [0.25, 0.3) is 0 Å². The van der Waals surface area contributed by atoms with Gasteiger partial charge in [0.15, 0.2) is 6.61 Å². The maximum absolute atomic E-state index is 12.1. The van der Waals surface area contributed by atoms with Crippen molar-refractivity contribution in [2.75, 3.05) is 13.2 Å². The molecule has 0 aliphatic carbocycles. The Labute approximate surface area is 161 Å². The van der Waals surface area contributed by atoms with Gasteiger partial charge in [-0.1, -0.05) is 12.1 Å². The molecule has 0 saturated heterocycles. The second-order valence-corrected chi connectivity index (χ2v) is 6.42. The van der Waals surface area contributed by atoms with E-state index in [1.54, 1.807) is 24.3 Å². The number of benzene rings is 2. The van der Waals surface area contributed by atoms with Gasteiger partial charge in [-0.05, 0) is 72.1 Å². The number of aryl methyl sites for hydroxylation is 1. The van der Waals surface area contributed by atoms with Gasteiger partial charge < -0.3 is 9.47 Å². The molecule has 0 atom stereocenters. The average molecular weight is 421 g/mol. The van der Waals surface area contributed by atoms with Gasteiger partial charge in [0, 0.05) is 5.56 Å². The van der Waals surface area contributed by atoms with E-state index in [4.69, 9.17) is 9.47 Å². The van der Waals surface area contributed by atoms with Gasteiger partial charge in [0.1, 0.15) is 11.5 Å². The van der Waals surface area contributed by atoms with Gasteiger partial charge in [-0.25, -0.2) is 0 Å². The fourth-order valence-electron chi connectivity index (χ4n) is 2.17. The highest BCUT2D eigenvalue weighted by atomic mass is 79.9. The topological polar surface area (TPSA) is 76.7 Å². The third-order valence-corrected chi connectivity index (χ3v) is 4.34. The van der Waals surface area contributed by atoms with E-state index < -0.39 is 11.8 Å². The predicted octanol–water partition coefficient (Wildman–Crippen LogP) is 3.30. The minimum atomic E-state index is -0.454. The van der Waals surface area contributed by atoms with Crippen molar-refractivity contribution in [2.45, 2.75) is 20.8 Å². The van der Waals surface area contributed by atoms with E-state index in [0.29, 0.717) is 28.1 Å². The van der Waals surface area contributed by atoms with Gasteiger partial charge in [-0.3, -0.25) is 20.4 Å². The molecular formula is C19H21BrN2O4. The summed E-state index contributed by atoms with van der Waals surface area (Å²) in [7, 11) is 0. The maximum atomic E-state index is 12.1. The summed E-state index contributed by atoms with van der Waals surface area (Å²) in [6.07, 6.45) is 0. The lowest BCUT2D eigenvalue weighted by atomic mass is 10.1. The number of ether oxygens (including phenoxy) is 2. The standard InChI is InChI=1S/C19H21BrN2O4/c1-4-25-17-9-8-14(10-15(17)20)19(24)22-21-18(23)11-26-16-7-5-6-12(2)13(16)3/h5-10H,4,11H2,1-3H3,(H,21,23)(H,22,24). The summed E-state index contributed by atoms with van der Waals surface area (Å²) in [6, 6.07) is 10.6. The van der Waals surface area contributed by atoms with E-state index in [9.17, 15) is 9.59 Å². The molecular weight excluding hydrogens is 400 g/mol. The van der Waals surface area contributed by atoms with Crippen LogP contribution in [0.3, 0.4) is 0 Å². The molecule has 26 heavy (non-hydrogen) atoms. The highest BCUT2D eigenvalue weighted by molar-refractivity contribution is 9.10. The van der Waals surface area contributed by atoms with Crippen molar-refractivity contribution < 1.29 is 19.1 Å². The number of amides is 2. The number of hydrogen-bond acceptors (Lipinski definition) is 4. The number of carbonyl (C=O) groups is 2. The molecule has 0 radical (unpaired) electrons. The molecule has 0 unspecified atom stereocenters. The van der Waals surface area contributed by atoms with Gasteiger partial charge >= 0.3 is 0 Å². The zero-order valence-electron chi connectivity index (χ0n) is 14.9. The third kappa shape index (κ3) is 5.23. The third-order valence-electron chi connectivity index (χ3n) is 3.72. The van der Waals surface area contributed by atoms with Crippen LogP contribution in [0.4, 0.5) is 0 Å². The fourth-order valence-corrected chi connectivity index (χ4v) is 2.67. The SMILES string of the molecule is CCOc1ccc(C(=O)NNC(=O)COc2cccc(C)c2C)cc1Br. The van der Waals surface area contributed by atoms with Crippen molar-refractivity contribution in [2.24, 2.45) is 0 Å². The van der Waals surface area contributed by atoms with Crippen LogP contribution in [-0.4, -0.2) is 25.0 Å². The second kappa shape index (κ2) is 9.24. The quantitative estimate of drug-likeness (QED) is 0.702. The van der Waals surface area contributed by atoms with Crippen LogP contribution in [-0.2, 0) is 4.79 Å². The van der Waals surface area contributed by atoms with Crippen molar-refractivity contribution in [3.8, 4) is 11.5 Å². The Bertz CT molecular complexity index is 808. The molecule has 2 amide bonds. The van der Waals surface area contributed by atoms with Crippen LogP contribution in [0, 0.1) is 13.8 Å². The van der Waals surface area contributed by atoms with Gasteiger partial charge in [0.05, 0.1) is 11.1 Å². The molecule has 2 aromatic carbocycles. The summed E-state index contributed by atoms with van der Waals surface area (Å²) < 4.78 is 11.6. The highest BCUT2D eigenvalue weighted by Crippen LogP contribution is 2.26. The van der Waals surface area contributed by atoms with E-state index in [1.165, 1.54) is 0 Å². The van der Waals surface area contributed by atoms with Crippen LogP contribution >= 0.6 is 15.9 Å². The summed E-state index contributed by atoms with van der Waals surface area (Å²) in [4.78, 5) is 24.0. The normalized spacial score (nSPS) is 10.2. The van der Waals surface area contributed by atoms with Crippen molar-refractivity contribution in [1.29, 1.82) is 0 Å². The summed E-state index contributed by atoms with van der Waals surface area (Å²) in [5, 5.41) is 0. The van der Waals surface area contributed by atoms with Crippen LogP contribution in [0.2, 0.25) is 0 Å². The lowest BCUT2D eigenvalue weighted by molar-refractivity contribution is -0.123. The zero-order valence-corrected chi connectivity index (χ0v) is 16.5. The first-order chi connectivity index (χ1) is 12.4. The number of hydrogen-bond donors (Lipinski definition) is 2. The monoisotopic (exact) mass is 420 g/mol. The van der Waals surface area contributed by atoms with Gasteiger partial charge in [-0.15, -0.1) is 0 Å². The molecule has 0 heterocycles. The largest absolute Gasteiger partial charge is 0.493 e. The molecule has 0 aliphatic heterocycles. The first-order valence-corrected chi connectivity index (χ1v) is 8.92. The highest BCUT2D eigenvalue weighted by Gasteiger charge is 2.11. The Morgan fingerprint density at radius 2 is 1.81 bits per heavy atom. The first-order valence-electron chi connectivity index (χ1n) is 8.13. The Balaban J connectivity index is 1.86. The van der Waals surface area contributed by atoms with Gasteiger partial charge in [-0.2, -0.15) is 0 Å². The van der Waals surface area contributed by atoms with Crippen molar-refractivity contribution >= 4 is 27.7 Å². The van der Waals surface area contributed by atoms with Crippen molar-refractivity contribution in [3.63, 3.8) is 0 Å². The van der Waals surface area contributed by atoms with Crippen molar-refractivity contribution in [3.05, 3.63) is 57.6 Å². The van der Waals surface area contributed by atoms with Crippen LogP contribution < -0.4 is 20.3 Å². The summed E-state index contributed by atoms with van der Waals surface area (Å²) in [6.45, 7) is 6.10. The lowest BCUT2D eigenvalue weighted by Crippen LogP contribution is -2.43. The number of hydrazine groups is 1. The molecule has 138 valence electrons. The van der Waals surface area contributed by atoms with Crippen molar-refractivity contribution in [1.82, 2.24) is 10.9 Å². The zero-order chi connectivity index (χ0) is 19.1. The maximum Gasteiger partial charge on any atom is 0.276 e. The minimum absolute atomic E-state index is 0.197. The van der Waals surface area contributed by atoms with E-state index in [2.05, 4.69) is 26.8 Å². The van der Waals surface area contributed by atoms with E-state index in [-0.39, 0.29) is 6.61 Å². The molecule has 0 bridgehead atoms. The van der Waals surface area contributed by atoms with Crippen LogP contribution in [0.1, 0.15) is 28.4 Å². The molecule has 2 N–H and O–H groups in total. The Kier molecular flexibility index (Phi) is 7.03. The fraction of sp³-hybridized carbons (Fsp3) is 0.263. The molecule has 2 aromatic rings. The molecule has 2 rings (SSSR count). The molecule has 6 nitrogen and oxygen atoms in total. The number of carbonyl (C=O) groups excluding carboxylic acids is 2. The van der Waals surface area contributed by atoms with E-state index >= 15 is 0 Å². The number of rotatable bonds is 6. The lowest BCUT2D eigenvalue weighted by Gasteiger charge is -2.12. The van der Waals surface area contributed by atoms with Crippen LogP contribution in [0.5, 0.6) is 11.5 Å². The molecule has 7 heteroatoms.